The van der Waals surface area contributed by atoms with Crippen molar-refractivity contribution in [2.24, 2.45) is 0 Å². The first kappa shape index (κ1) is 18.2. The number of urea groups is 1. The molecule has 1 aliphatic heterocycles. The number of aromatic amines is 1. The van der Waals surface area contributed by atoms with Crippen LogP contribution in [0.15, 0.2) is 47.2 Å². The van der Waals surface area contributed by atoms with E-state index in [9.17, 15) is 4.79 Å². The SMILES string of the molecule is O=C(NCCc1nc(Cc2ccccc2)no1)N1CCC[C@H](c2ncc[nH]2)C1. The van der Waals surface area contributed by atoms with Crippen molar-refractivity contribution in [3.8, 4) is 0 Å². The zero-order valence-electron chi connectivity index (χ0n) is 15.7. The van der Waals surface area contributed by atoms with E-state index < -0.39 is 0 Å². The zero-order chi connectivity index (χ0) is 19.2. The lowest BCUT2D eigenvalue weighted by Gasteiger charge is -2.31. The third kappa shape index (κ3) is 4.57. The second-order valence-electron chi connectivity index (χ2n) is 7.01. The molecule has 0 aliphatic carbocycles. The molecule has 2 N–H and O–H groups in total. The first-order valence-electron chi connectivity index (χ1n) is 9.65. The van der Waals surface area contributed by atoms with Crippen LogP contribution in [0.4, 0.5) is 4.79 Å². The summed E-state index contributed by atoms with van der Waals surface area (Å²) in [4.78, 5) is 26.2. The van der Waals surface area contributed by atoms with Crippen LogP contribution in [0.25, 0.3) is 0 Å². The van der Waals surface area contributed by atoms with Crippen LogP contribution < -0.4 is 5.32 Å². The fourth-order valence-electron chi connectivity index (χ4n) is 3.52. The number of H-pyrrole nitrogens is 1. The van der Waals surface area contributed by atoms with Crippen molar-refractivity contribution in [3.05, 3.63) is 65.8 Å². The van der Waals surface area contributed by atoms with Crippen LogP contribution >= 0.6 is 0 Å². The molecule has 8 nitrogen and oxygen atoms in total. The van der Waals surface area contributed by atoms with Gasteiger partial charge in [-0.2, -0.15) is 4.98 Å². The maximum atomic E-state index is 12.5. The minimum Gasteiger partial charge on any atom is -0.348 e. The maximum absolute atomic E-state index is 12.5. The van der Waals surface area contributed by atoms with E-state index in [1.807, 2.05) is 41.4 Å². The van der Waals surface area contributed by atoms with Gasteiger partial charge in [0, 0.05) is 50.8 Å². The normalized spacial score (nSPS) is 16.9. The van der Waals surface area contributed by atoms with E-state index in [0.717, 1.165) is 30.8 Å². The van der Waals surface area contributed by atoms with Gasteiger partial charge in [-0.1, -0.05) is 35.5 Å². The molecule has 1 aliphatic rings. The average Bonchev–Trinajstić information content (AvgIpc) is 3.41. The van der Waals surface area contributed by atoms with Gasteiger partial charge < -0.3 is 19.7 Å². The van der Waals surface area contributed by atoms with Crippen LogP contribution in [0.2, 0.25) is 0 Å². The Kier molecular flexibility index (Phi) is 5.65. The predicted molar refractivity (Wildman–Crippen MR) is 103 cm³/mol. The first-order valence-corrected chi connectivity index (χ1v) is 9.65. The van der Waals surface area contributed by atoms with E-state index in [2.05, 4.69) is 25.4 Å². The summed E-state index contributed by atoms with van der Waals surface area (Å²) in [5.74, 6) is 2.42. The summed E-state index contributed by atoms with van der Waals surface area (Å²) in [7, 11) is 0. The standard InChI is InChI=1S/C20H24N6O2/c27-20(26-12-4-7-16(14-26)19-21-10-11-22-19)23-9-8-18-24-17(25-28-18)13-15-5-2-1-3-6-15/h1-3,5-6,10-11,16H,4,7-9,12-14H2,(H,21,22)(H,23,27)/t16-/m0/s1. The van der Waals surface area contributed by atoms with E-state index in [1.54, 1.807) is 6.20 Å². The number of nitrogens with one attached hydrogen (secondary N) is 2. The van der Waals surface area contributed by atoms with Crippen molar-refractivity contribution < 1.29 is 9.32 Å². The van der Waals surface area contributed by atoms with Gasteiger partial charge in [-0.25, -0.2) is 9.78 Å². The van der Waals surface area contributed by atoms with Crippen molar-refractivity contribution in [2.75, 3.05) is 19.6 Å². The monoisotopic (exact) mass is 380 g/mol. The average molecular weight is 380 g/mol. The van der Waals surface area contributed by atoms with Gasteiger partial charge in [-0.15, -0.1) is 0 Å². The quantitative estimate of drug-likeness (QED) is 0.684. The van der Waals surface area contributed by atoms with Crippen molar-refractivity contribution in [2.45, 2.75) is 31.6 Å². The van der Waals surface area contributed by atoms with E-state index in [1.165, 1.54) is 0 Å². The zero-order valence-corrected chi connectivity index (χ0v) is 15.7. The Morgan fingerprint density at radius 1 is 1.32 bits per heavy atom. The molecule has 0 bridgehead atoms. The number of rotatable bonds is 6. The van der Waals surface area contributed by atoms with Gasteiger partial charge in [0.15, 0.2) is 5.82 Å². The highest BCUT2D eigenvalue weighted by molar-refractivity contribution is 5.74. The summed E-state index contributed by atoms with van der Waals surface area (Å²) in [5, 5.41) is 6.97. The Labute approximate surface area is 163 Å². The lowest BCUT2D eigenvalue weighted by molar-refractivity contribution is 0.178. The molecule has 1 atom stereocenters. The van der Waals surface area contributed by atoms with E-state index in [4.69, 9.17) is 4.52 Å². The number of hydrogen-bond acceptors (Lipinski definition) is 5. The van der Waals surface area contributed by atoms with Gasteiger partial charge in [0.25, 0.3) is 0 Å². The van der Waals surface area contributed by atoms with Crippen LogP contribution in [0.3, 0.4) is 0 Å². The van der Waals surface area contributed by atoms with Gasteiger partial charge in [-0.3, -0.25) is 0 Å². The molecule has 28 heavy (non-hydrogen) atoms. The number of aromatic nitrogens is 4. The molecule has 1 saturated heterocycles. The Bertz CT molecular complexity index is 877. The summed E-state index contributed by atoms with van der Waals surface area (Å²) in [6.07, 6.45) is 6.76. The molecular formula is C20H24N6O2. The molecule has 1 fully saturated rings. The fourth-order valence-corrected chi connectivity index (χ4v) is 3.52. The molecule has 0 radical (unpaired) electrons. The number of imidazole rings is 1. The van der Waals surface area contributed by atoms with Crippen molar-refractivity contribution >= 4 is 6.03 Å². The Balaban J connectivity index is 1.23. The Morgan fingerprint density at radius 3 is 3.04 bits per heavy atom. The fraction of sp³-hybridized carbons (Fsp3) is 0.400. The van der Waals surface area contributed by atoms with Crippen LogP contribution in [0.1, 0.15) is 41.9 Å². The lowest BCUT2D eigenvalue weighted by Crippen LogP contribution is -2.45. The molecule has 2 aromatic heterocycles. The number of amides is 2. The second-order valence-corrected chi connectivity index (χ2v) is 7.01. The molecule has 3 aromatic rings. The van der Waals surface area contributed by atoms with Gasteiger partial charge >= 0.3 is 6.03 Å². The van der Waals surface area contributed by atoms with Crippen molar-refractivity contribution in [1.82, 2.24) is 30.3 Å². The highest BCUT2D eigenvalue weighted by Crippen LogP contribution is 2.24. The molecule has 0 unspecified atom stereocenters. The van der Waals surface area contributed by atoms with Gasteiger partial charge in [-0.05, 0) is 18.4 Å². The molecule has 2 amide bonds. The lowest BCUT2D eigenvalue weighted by atomic mass is 9.98. The number of benzene rings is 1. The smallest absolute Gasteiger partial charge is 0.317 e. The number of hydrogen-bond donors (Lipinski definition) is 2. The summed E-state index contributed by atoms with van der Waals surface area (Å²) >= 11 is 0. The highest BCUT2D eigenvalue weighted by atomic mass is 16.5. The highest BCUT2D eigenvalue weighted by Gasteiger charge is 2.26. The molecule has 3 heterocycles. The molecule has 8 heteroatoms. The second kappa shape index (κ2) is 8.69. The summed E-state index contributed by atoms with van der Waals surface area (Å²) in [5.41, 5.74) is 1.14. The number of piperidine rings is 1. The summed E-state index contributed by atoms with van der Waals surface area (Å²) < 4.78 is 5.29. The van der Waals surface area contributed by atoms with Gasteiger partial charge in [0.1, 0.15) is 5.82 Å². The maximum Gasteiger partial charge on any atom is 0.317 e. The topological polar surface area (TPSA) is 99.9 Å². The molecule has 4 rings (SSSR count). The molecule has 1 aromatic carbocycles. The largest absolute Gasteiger partial charge is 0.348 e. The molecule has 146 valence electrons. The number of nitrogens with zero attached hydrogens (tertiary/aromatic N) is 4. The third-order valence-corrected chi connectivity index (χ3v) is 4.94. The number of likely N-dealkylation sites (tertiary alicyclic amines) is 1. The van der Waals surface area contributed by atoms with E-state index >= 15 is 0 Å². The van der Waals surface area contributed by atoms with Gasteiger partial charge in [0.2, 0.25) is 5.89 Å². The van der Waals surface area contributed by atoms with E-state index in [-0.39, 0.29) is 11.9 Å². The van der Waals surface area contributed by atoms with Crippen LogP contribution in [0, 0.1) is 0 Å². The number of carbonyl (C=O) groups excluding carboxylic acids is 1. The summed E-state index contributed by atoms with van der Waals surface area (Å²) in [6.45, 7) is 1.92. The predicted octanol–water partition coefficient (Wildman–Crippen LogP) is 2.52. The van der Waals surface area contributed by atoms with Crippen LogP contribution in [-0.2, 0) is 12.8 Å². The Hall–Kier alpha value is -3.16. The molecule has 0 saturated carbocycles. The Morgan fingerprint density at radius 2 is 2.21 bits per heavy atom. The first-order chi connectivity index (χ1) is 13.8. The van der Waals surface area contributed by atoms with Crippen molar-refractivity contribution in [3.63, 3.8) is 0 Å². The number of carbonyl (C=O) groups is 1. The minimum absolute atomic E-state index is 0.0553. The van der Waals surface area contributed by atoms with Crippen molar-refractivity contribution in [1.29, 1.82) is 0 Å². The van der Waals surface area contributed by atoms with Crippen LogP contribution in [0.5, 0.6) is 0 Å². The molecule has 0 spiro atoms. The minimum atomic E-state index is -0.0553. The summed E-state index contributed by atoms with van der Waals surface area (Å²) in [6, 6.07) is 9.97. The van der Waals surface area contributed by atoms with Gasteiger partial charge in [0.05, 0.1) is 0 Å². The van der Waals surface area contributed by atoms with E-state index in [0.29, 0.717) is 37.6 Å². The molecular weight excluding hydrogens is 356 g/mol. The third-order valence-electron chi connectivity index (χ3n) is 4.94. The van der Waals surface area contributed by atoms with Crippen LogP contribution in [-0.4, -0.2) is 50.7 Å².